The summed E-state index contributed by atoms with van der Waals surface area (Å²) in [5.74, 6) is 0. The van der Waals surface area contributed by atoms with Crippen molar-refractivity contribution in [1.82, 2.24) is 4.57 Å². The van der Waals surface area contributed by atoms with Crippen LogP contribution in [0.4, 0.5) is 17.1 Å². The lowest BCUT2D eigenvalue weighted by Gasteiger charge is -2.32. The Morgan fingerprint density at radius 3 is 1.83 bits per heavy atom. The van der Waals surface area contributed by atoms with Crippen LogP contribution in [0, 0.1) is 0 Å². The SMILES string of the molecule is C[Si](C)(C)c1ccc(N(c2ccc3c(c2)c2ccccc2n3-c2ccccc2)c2cc3c(c4oc5ccccc5c24)-c2c(ccc4ccccc24)C32c3ccccc3-c3ccccc32)cc1. The van der Waals surface area contributed by atoms with Crippen molar-refractivity contribution in [1.29, 1.82) is 0 Å². The molecule has 0 fully saturated rings. The molecule has 2 aromatic heterocycles. The van der Waals surface area contributed by atoms with Gasteiger partial charge in [-0.1, -0.05) is 176 Å². The molecular weight excluding hydrogens is 817 g/mol. The molecule has 4 heteroatoms. The molecule has 3 nitrogen and oxygen atoms in total. The van der Waals surface area contributed by atoms with Crippen LogP contribution in [-0.2, 0) is 5.41 Å². The Kier molecular flexibility index (Phi) is 7.69. The fraction of sp³-hybridized carbons (Fsp3) is 0.0645. The highest BCUT2D eigenvalue weighted by Crippen LogP contribution is 2.66. The van der Waals surface area contributed by atoms with Crippen molar-refractivity contribution in [2.24, 2.45) is 0 Å². The van der Waals surface area contributed by atoms with Crippen molar-refractivity contribution in [2.45, 2.75) is 25.1 Å². The van der Waals surface area contributed by atoms with Crippen molar-refractivity contribution in [3.63, 3.8) is 0 Å². The van der Waals surface area contributed by atoms with Gasteiger partial charge in [-0.05, 0) is 110 Å². The Morgan fingerprint density at radius 2 is 1.08 bits per heavy atom. The summed E-state index contributed by atoms with van der Waals surface area (Å²) >= 11 is 0. The van der Waals surface area contributed by atoms with Gasteiger partial charge in [0.25, 0.3) is 0 Å². The summed E-state index contributed by atoms with van der Waals surface area (Å²) in [7, 11) is -1.61. The molecule has 0 aliphatic heterocycles. The molecule has 14 rings (SSSR count). The minimum Gasteiger partial charge on any atom is -0.455 e. The van der Waals surface area contributed by atoms with E-state index in [-0.39, 0.29) is 0 Å². The highest BCUT2D eigenvalue weighted by Gasteiger charge is 2.53. The van der Waals surface area contributed by atoms with E-state index >= 15 is 0 Å². The minimum atomic E-state index is -1.61. The Bertz CT molecular complexity index is 3940. The average Bonchev–Trinajstić information content (AvgIpc) is 4.08. The summed E-state index contributed by atoms with van der Waals surface area (Å²) < 4.78 is 9.76. The van der Waals surface area contributed by atoms with Gasteiger partial charge in [-0.2, -0.15) is 0 Å². The summed E-state index contributed by atoms with van der Waals surface area (Å²) in [5.41, 5.74) is 18.2. The van der Waals surface area contributed by atoms with Gasteiger partial charge < -0.3 is 13.9 Å². The lowest BCUT2D eigenvalue weighted by Crippen LogP contribution is -2.37. The predicted molar refractivity (Wildman–Crippen MR) is 280 cm³/mol. The topological polar surface area (TPSA) is 21.3 Å². The normalized spacial score (nSPS) is 13.5. The highest BCUT2D eigenvalue weighted by atomic mass is 28.3. The summed E-state index contributed by atoms with van der Waals surface area (Å²) in [4.78, 5) is 2.52. The van der Waals surface area contributed by atoms with E-state index < -0.39 is 13.5 Å². The Labute approximate surface area is 384 Å². The predicted octanol–water partition coefficient (Wildman–Crippen LogP) is 16.2. The van der Waals surface area contributed by atoms with Crippen molar-refractivity contribution >= 4 is 84.8 Å². The first-order valence-electron chi connectivity index (χ1n) is 23.1. The summed E-state index contributed by atoms with van der Waals surface area (Å²) in [6, 6.07) is 79.1. The van der Waals surface area contributed by atoms with E-state index in [0.717, 1.165) is 44.7 Å². The number of hydrogen-bond acceptors (Lipinski definition) is 2. The summed E-state index contributed by atoms with van der Waals surface area (Å²) in [6.45, 7) is 7.28. The van der Waals surface area contributed by atoms with E-state index in [1.165, 1.54) is 82.3 Å². The van der Waals surface area contributed by atoms with Gasteiger partial charge in [0.15, 0.2) is 0 Å². The van der Waals surface area contributed by atoms with E-state index in [2.05, 4.69) is 241 Å². The van der Waals surface area contributed by atoms with Crippen LogP contribution in [0.2, 0.25) is 19.6 Å². The number of benzene rings is 10. The van der Waals surface area contributed by atoms with E-state index in [4.69, 9.17) is 4.42 Å². The molecule has 0 saturated heterocycles. The smallest absolute Gasteiger partial charge is 0.145 e. The van der Waals surface area contributed by atoms with Gasteiger partial charge in [0.1, 0.15) is 11.2 Å². The van der Waals surface area contributed by atoms with Crippen LogP contribution in [0.3, 0.4) is 0 Å². The number of rotatable bonds is 5. The lowest BCUT2D eigenvalue weighted by molar-refractivity contribution is 0.669. The standard InChI is InChI=1S/C62H44N2OSi/c1-66(2,3)43-33-30-41(31-34-43)63(42-32-36-55-49(37-42)47-23-11-15-27-54(47)64(55)40-18-5-4-6-19-40)56-38-53-60(61-59(56)48-24-12-16-28-57(48)65-61)58-44-20-8-7-17-39(44)29-35-52(58)62(53)50-25-13-9-21-45(50)46-22-10-14-26-51(46)62/h4-38H,1-3H3. The molecule has 10 aromatic carbocycles. The molecule has 0 radical (unpaired) electrons. The van der Waals surface area contributed by atoms with Crippen LogP contribution in [0.25, 0.3) is 82.5 Å². The first-order chi connectivity index (χ1) is 32.4. The quantitative estimate of drug-likeness (QED) is 0.161. The maximum atomic E-state index is 7.36. The van der Waals surface area contributed by atoms with Crippen LogP contribution in [-0.4, -0.2) is 12.6 Å². The van der Waals surface area contributed by atoms with Crippen molar-refractivity contribution in [3.05, 3.63) is 235 Å². The third-order valence-corrected chi connectivity index (χ3v) is 16.8. The second kappa shape index (κ2) is 13.6. The van der Waals surface area contributed by atoms with Gasteiger partial charge in [0, 0.05) is 38.8 Å². The van der Waals surface area contributed by atoms with Crippen LogP contribution < -0.4 is 10.1 Å². The molecule has 0 saturated carbocycles. The van der Waals surface area contributed by atoms with Gasteiger partial charge in [-0.3, -0.25) is 0 Å². The number of furan rings is 1. The molecule has 0 amide bonds. The van der Waals surface area contributed by atoms with E-state index in [1.54, 1.807) is 0 Å². The number of nitrogens with zero attached hydrogens (tertiary/aromatic N) is 2. The molecule has 0 atom stereocenters. The molecule has 66 heavy (non-hydrogen) atoms. The molecule has 312 valence electrons. The lowest BCUT2D eigenvalue weighted by atomic mass is 9.70. The maximum Gasteiger partial charge on any atom is 0.145 e. The first kappa shape index (κ1) is 37.5. The number of para-hydroxylation sites is 3. The van der Waals surface area contributed by atoms with E-state index in [0.29, 0.717) is 0 Å². The van der Waals surface area contributed by atoms with Gasteiger partial charge in [0.2, 0.25) is 0 Å². The van der Waals surface area contributed by atoms with Gasteiger partial charge in [0.05, 0.1) is 35.6 Å². The first-order valence-corrected chi connectivity index (χ1v) is 26.6. The van der Waals surface area contributed by atoms with Crippen molar-refractivity contribution in [3.8, 4) is 27.9 Å². The molecule has 0 bridgehead atoms. The van der Waals surface area contributed by atoms with Gasteiger partial charge in [-0.25, -0.2) is 0 Å². The summed E-state index contributed by atoms with van der Waals surface area (Å²) in [5, 5.41) is 8.54. The minimum absolute atomic E-state index is 0.593. The Hall–Kier alpha value is -7.92. The van der Waals surface area contributed by atoms with E-state index in [9.17, 15) is 0 Å². The van der Waals surface area contributed by atoms with Gasteiger partial charge >= 0.3 is 0 Å². The molecule has 2 aliphatic carbocycles. The van der Waals surface area contributed by atoms with E-state index in [1.807, 2.05) is 0 Å². The zero-order chi connectivity index (χ0) is 43.9. The molecule has 1 spiro atoms. The molecule has 0 unspecified atom stereocenters. The molecular formula is C62H44N2OSi. The van der Waals surface area contributed by atoms with Crippen LogP contribution in [0.15, 0.2) is 217 Å². The zero-order valence-corrected chi connectivity index (χ0v) is 38.0. The highest BCUT2D eigenvalue weighted by molar-refractivity contribution is 6.88. The second-order valence-electron chi connectivity index (χ2n) is 19.2. The van der Waals surface area contributed by atoms with Gasteiger partial charge in [-0.15, -0.1) is 0 Å². The fourth-order valence-corrected chi connectivity index (χ4v) is 13.1. The molecule has 2 aliphatic rings. The monoisotopic (exact) mass is 860 g/mol. The van der Waals surface area contributed by atoms with Crippen molar-refractivity contribution < 1.29 is 4.42 Å². The largest absolute Gasteiger partial charge is 0.455 e. The number of aromatic nitrogens is 1. The average molecular weight is 861 g/mol. The third-order valence-electron chi connectivity index (χ3n) is 14.7. The van der Waals surface area contributed by atoms with Crippen LogP contribution >= 0.6 is 0 Å². The maximum absolute atomic E-state index is 7.36. The Morgan fingerprint density at radius 1 is 0.455 bits per heavy atom. The van der Waals surface area contributed by atoms with Crippen molar-refractivity contribution in [2.75, 3.05) is 4.90 Å². The molecule has 2 heterocycles. The number of fused-ring (bicyclic) bond motifs is 19. The number of hydrogen-bond donors (Lipinski definition) is 0. The molecule has 0 N–H and O–H groups in total. The third kappa shape index (κ3) is 4.97. The summed E-state index contributed by atoms with van der Waals surface area (Å²) in [6.07, 6.45) is 0. The zero-order valence-electron chi connectivity index (χ0n) is 37.0. The second-order valence-corrected chi connectivity index (χ2v) is 24.3. The number of anilines is 3. The Balaban J connectivity index is 1.15. The van der Waals surface area contributed by atoms with Crippen LogP contribution in [0.5, 0.6) is 0 Å². The molecule has 12 aromatic rings. The fourth-order valence-electron chi connectivity index (χ4n) is 11.9. The van der Waals surface area contributed by atoms with Crippen LogP contribution in [0.1, 0.15) is 22.3 Å².